The predicted octanol–water partition coefficient (Wildman–Crippen LogP) is 2.96. The molecule has 0 radical (unpaired) electrons. The maximum Gasteiger partial charge on any atom is 0.411 e. The van der Waals surface area contributed by atoms with Crippen LogP contribution in [-0.4, -0.2) is 46.0 Å². The van der Waals surface area contributed by atoms with Crippen molar-refractivity contribution < 1.29 is 14.3 Å². The molecule has 0 saturated heterocycles. The average Bonchev–Trinajstić information content (AvgIpc) is 2.61. The summed E-state index contributed by atoms with van der Waals surface area (Å²) in [7, 11) is 3.09. The van der Waals surface area contributed by atoms with Gasteiger partial charge in [0.1, 0.15) is 0 Å². The van der Waals surface area contributed by atoms with E-state index >= 15 is 0 Å². The minimum atomic E-state index is -0.477. The smallest absolute Gasteiger partial charge is 0.411 e. The summed E-state index contributed by atoms with van der Waals surface area (Å²) in [6.45, 7) is 5.08. The summed E-state index contributed by atoms with van der Waals surface area (Å²) in [5.74, 6) is 0.767. The molecule has 0 bridgehead atoms. The quantitative estimate of drug-likeness (QED) is 0.227. The Morgan fingerprint density at radius 1 is 1.16 bits per heavy atom. The molecule has 0 aliphatic heterocycles. The summed E-state index contributed by atoms with van der Waals surface area (Å²) in [4.78, 5) is 15.3. The molecule has 0 aliphatic carbocycles. The number of halogens is 1. The van der Waals surface area contributed by atoms with Gasteiger partial charge in [-0.2, -0.15) is 0 Å². The summed E-state index contributed by atoms with van der Waals surface area (Å²) in [5, 5.41) is 9.14. The Bertz CT molecular complexity index is 509. The SMILES string of the molecule is CCOCCCCNC(=NC)NCc1ccc(NC(=O)OC)cc1.I. The van der Waals surface area contributed by atoms with Crippen molar-refractivity contribution in [2.45, 2.75) is 26.3 Å². The Hall–Kier alpha value is -1.55. The van der Waals surface area contributed by atoms with E-state index in [-0.39, 0.29) is 24.0 Å². The largest absolute Gasteiger partial charge is 0.453 e. The number of aliphatic imine (C=N–C) groups is 1. The summed E-state index contributed by atoms with van der Waals surface area (Å²) in [6, 6.07) is 7.54. The van der Waals surface area contributed by atoms with Gasteiger partial charge in [-0.1, -0.05) is 12.1 Å². The van der Waals surface area contributed by atoms with E-state index in [2.05, 4.69) is 25.7 Å². The fourth-order valence-corrected chi connectivity index (χ4v) is 1.96. The third-order valence-corrected chi connectivity index (χ3v) is 3.28. The number of rotatable bonds is 9. The van der Waals surface area contributed by atoms with Gasteiger partial charge in [-0.25, -0.2) is 4.79 Å². The van der Waals surface area contributed by atoms with Gasteiger partial charge in [-0.05, 0) is 37.5 Å². The zero-order chi connectivity index (χ0) is 17.6. The van der Waals surface area contributed by atoms with Crippen molar-refractivity contribution in [2.75, 3.05) is 39.2 Å². The highest BCUT2D eigenvalue weighted by molar-refractivity contribution is 14.0. The molecule has 1 aromatic rings. The van der Waals surface area contributed by atoms with E-state index in [1.807, 2.05) is 31.2 Å². The van der Waals surface area contributed by atoms with Gasteiger partial charge in [0.2, 0.25) is 0 Å². The lowest BCUT2D eigenvalue weighted by Gasteiger charge is -2.12. The summed E-state index contributed by atoms with van der Waals surface area (Å²) in [5.41, 5.74) is 1.78. The minimum Gasteiger partial charge on any atom is -0.453 e. The molecule has 0 unspecified atom stereocenters. The number of benzene rings is 1. The van der Waals surface area contributed by atoms with Gasteiger partial charge in [-0.15, -0.1) is 24.0 Å². The molecule has 0 aliphatic rings. The van der Waals surface area contributed by atoms with Gasteiger partial charge in [0, 0.05) is 39.0 Å². The molecule has 25 heavy (non-hydrogen) atoms. The molecule has 1 rings (SSSR count). The highest BCUT2D eigenvalue weighted by Gasteiger charge is 2.01. The lowest BCUT2D eigenvalue weighted by Crippen LogP contribution is -2.37. The standard InChI is InChI=1S/C17H28N4O3.HI/c1-4-24-12-6-5-11-19-16(18-2)20-13-14-7-9-15(10-8-14)21-17(22)23-3;/h7-10H,4-6,11-13H2,1-3H3,(H,21,22)(H2,18,19,20);1H. The van der Waals surface area contributed by atoms with Crippen molar-refractivity contribution in [3.63, 3.8) is 0 Å². The number of guanidine groups is 1. The highest BCUT2D eigenvalue weighted by Crippen LogP contribution is 2.09. The molecule has 0 fully saturated rings. The van der Waals surface area contributed by atoms with E-state index in [1.54, 1.807) is 7.05 Å². The van der Waals surface area contributed by atoms with Gasteiger partial charge in [0.05, 0.1) is 7.11 Å². The molecule has 1 amide bonds. The lowest BCUT2D eigenvalue weighted by atomic mass is 10.2. The van der Waals surface area contributed by atoms with Crippen LogP contribution < -0.4 is 16.0 Å². The molecule has 0 spiro atoms. The first-order valence-electron chi connectivity index (χ1n) is 8.15. The molecule has 8 heteroatoms. The Morgan fingerprint density at radius 3 is 2.48 bits per heavy atom. The van der Waals surface area contributed by atoms with Crippen molar-refractivity contribution in [1.82, 2.24) is 10.6 Å². The zero-order valence-electron chi connectivity index (χ0n) is 15.1. The second-order valence-electron chi connectivity index (χ2n) is 5.07. The Labute approximate surface area is 167 Å². The van der Waals surface area contributed by atoms with Crippen molar-refractivity contribution in [2.24, 2.45) is 4.99 Å². The maximum atomic E-state index is 11.1. The molecular formula is C17H29IN4O3. The summed E-state index contributed by atoms with van der Waals surface area (Å²) < 4.78 is 9.86. The normalized spacial score (nSPS) is 10.6. The number of hydrogen-bond donors (Lipinski definition) is 3. The van der Waals surface area contributed by atoms with E-state index in [0.29, 0.717) is 12.2 Å². The topological polar surface area (TPSA) is 84.0 Å². The number of nitrogens with zero attached hydrogens (tertiary/aromatic N) is 1. The van der Waals surface area contributed by atoms with Gasteiger partial charge < -0.3 is 20.1 Å². The lowest BCUT2D eigenvalue weighted by molar-refractivity contribution is 0.143. The van der Waals surface area contributed by atoms with Crippen molar-refractivity contribution >= 4 is 41.7 Å². The number of methoxy groups -OCH3 is 1. The Balaban J connectivity index is 0.00000576. The first-order valence-corrected chi connectivity index (χ1v) is 8.15. The van der Waals surface area contributed by atoms with Crippen LogP contribution >= 0.6 is 24.0 Å². The summed E-state index contributed by atoms with van der Waals surface area (Å²) >= 11 is 0. The third-order valence-electron chi connectivity index (χ3n) is 3.28. The molecule has 1 aromatic carbocycles. The van der Waals surface area contributed by atoms with Crippen LogP contribution in [0.15, 0.2) is 29.3 Å². The number of amides is 1. The number of ether oxygens (including phenoxy) is 2. The van der Waals surface area contributed by atoms with Crippen LogP contribution in [0, 0.1) is 0 Å². The number of carbonyl (C=O) groups excluding carboxylic acids is 1. The van der Waals surface area contributed by atoms with Crippen LogP contribution in [0.2, 0.25) is 0 Å². The zero-order valence-corrected chi connectivity index (χ0v) is 17.5. The van der Waals surface area contributed by atoms with Crippen molar-refractivity contribution in [3.05, 3.63) is 29.8 Å². The number of carbonyl (C=O) groups is 1. The minimum absolute atomic E-state index is 0. The average molecular weight is 464 g/mol. The van der Waals surface area contributed by atoms with Crippen molar-refractivity contribution in [1.29, 1.82) is 0 Å². The first-order chi connectivity index (χ1) is 11.7. The molecule has 0 heterocycles. The van der Waals surface area contributed by atoms with Crippen molar-refractivity contribution in [3.8, 4) is 0 Å². The number of unbranched alkanes of at least 4 members (excludes halogenated alkanes) is 1. The third kappa shape index (κ3) is 10.8. The second-order valence-corrected chi connectivity index (χ2v) is 5.07. The molecule has 7 nitrogen and oxygen atoms in total. The van der Waals surface area contributed by atoms with Gasteiger partial charge >= 0.3 is 6.09 Å². The van der Waals surface area contributed by atoms with Crippen LogP contribution in [0.4, 0.5) is 10.5 Å². The fourth-order valence-electron chi connectivity index (χ4n) is 1.96. The molecular weight excluding hydrogens is 435 g/mol. The van der Waals surface area contributed by atoms with Crippen LogP contribution in [0.5, 0.6) is 0 Å². The predicted molar refractivity (Wildman–Crippen MR) is 112 cm³/mol. The van der Waals surface area contributed by atoms with Crippen LogP contribution in [0.25, 0.3) is 0 Å². The molecule has 0 atom stereocenters. The molecule has 0 aromatic heterocycles. The fraction of sp³-hybridized carbons (Fsp3) is 0.529. The van der Waals surface area contributed by atoms with Crippen LogP contribution in [0.3, 0.4) is 0 Å². The van der Waals surface area contributed by atoms with E-state index in [0.717, 1.165) is 44.1 Å². The van der Waals surface area contributed by atoms with E-state index in [4.69, 9.17) is 4.74 Å². The number of nitrogens with one attached hydrogen (secondary N) is 3. The monoisotopic (exact) mass is 464 g/mol. The van der Waals surface area contributed by atoms with Gasteiger partial charge in [0.25, 0.3) is 0 Å². The van der Waals surface area contributed by atoms with Crippen LogP contribution in [-0.2, 0) is 16.0 Å². The molecule has 142 valence electrons. The van der Waals surface area contributed by atoms with Gasteiger partial charge in [-0.3, -0.25) is 10.3 Å². The molecule has 3 N–H and O–H groups in total. The van der Waals surface area contributed by atoms with Gasteiger partial charge in [0.15, 0.2) is 5.96 Å². The number of anilines is 1. The Kier molecular flexibility index (Phi) is 13.8. The van der Waals surface area contributed by atoms with E-state index in [9.17, 15) is 4.79 Å². The summed E-state index contributed by atoms with van der Waals surface area (Å²) in [6.07, 6.45) is 1.59. The maximum absolute atomic E-state index is 11.1. The highest BCUT2D eigenvalue weighted by atomic mass is 127. The van der Waals surface area contributed by atoms with E-state index < -0.39 is 6.09 Å². The Morgan fingerprint density at radius 2 is 1.88 bits per heavy atom. The number of hydrogen-bond acceptors (Lipinski definition) is 4. The van der Waals surface area contributed by atoms with E-state index in [1.165, 1.54) is 7.11 Å². The first kappa shape index (κ1) is 23.4. The van der Waals surface area contributed by atoms with Crippen LogP contribution in [0.1, 0.15) is 25.3 Å². The molecule has 0 saturated carbocycles. The second kappa shape index (κ2) is 14.8.